The average molecular weight is 389 g/mol. The lowest BCUT2D eigenvalue weighted by Crippen LogP contribution is -2.40. The van der Waals surface area contributed by atoms with Gasteiger partial charge in [-0.25, -0.2) is 17.7 Å². The highest BCUT2D eigenvalue weighted by Gasteiger charge is 2.38. The van der Waals surface area contributed by atoms with Crippen molar-refractivity contribution < 1.29 is 21.6 Å². The van der Waals surface area contributed by atoms with Crippen LogP contribution in [0.25, 0.3) is 11.0 Å². The van der Waals surface area contributed by atoms with Gasteiger partial charge in [-0.05, 0) is 37.3 Å². The summed E-state index contributed by atoms with van der Waals surface area (Å²) in [6, 6.07) is 6.57. The van der Waals surface area contributed by atoms with Gasteiger partial charge in [-0.1, -0.05) is 19.1 Å². The highest BCUT2D eigenvalue weighted by Crippen LogP contribution is 2.33. The summed E-state index contributed by atoms with van der Waals surface area (Å²) in [5.41, 5.74) is 0.781. The molecule has 9 heteroatoms. The molecule has 0 N–H and O–H groups in total. The average Bonchev–Trinajstić information content (AvgIpc) is 2.94. The van der Waals surface area contributed by atoms with Crippen LogP contribution in [-0.2, 0) is 22.7 Å². The van der Waals surface area contributed by atoms with Gasteiger partial charge in [0.15, 0.2) is 0 Å². The molecule has 0 spiro atoms. The van der Waals surface area contributed by atoms with E-state index in [4.69, 9.17) is 0 Å². The van der Waals surface area contributed by atoms with E-state index in [0.29, 0.717) is 43.4 Å². The van der Waals surface area contributed by atoms with Crippen LogP contribution < -0.4 is 0 Å². The number of fused-ring (bicyclic) bond motifs is 1. The van der Waals surface area contributed by atoms with Crippen molar-refractivity contribution in [1.29, 1.82) is 0 Å². The minimum absolute atomic E-state index is 0.0122. The lowest BCUT2D eigenvalue weighted by atomic mass is 9.98. The minimum atomic E-state index is -4.52. The van der Waals surface area contributed by atoms with E-state index in [1.807, 2.05) is 6.92 Å². The van der Waals surface area contributed by atoms with Crippen molar-refractivity contribution in [2.24, 2.45) is 5.92 Å². The predicted molar refractivity (Wildman–Crippen MR) is 93.1 cm³/mol. The lowest BCUT2D eigenvalue weighted by Gasteiger charge is -2.31. The fourth-order valence-electron chi connectivity index (χ4n) is 3.49. The molecule has 26 heavy (non-hydrogen) atoms. The third-order valence-electron chi connectivity index (χ3n) is 4.78. The number of alkyl halides is 3. The van der Waals surface area contributed by atoms with Gasteiger partial charge in [0.25, 0.3) is 0 Å². The van der Waals surface area contributed by atoms with Crippen molar-refractivity contribution in [2.75, 3.05) is 18.8 Å². The molecule has 1 fully saturated rings. The zero-order valence-electron chi connectivity index (χ0n) is 14.5. The zero-order chi connectivity index (χ0) is 18.9. The maximum absolute atomic E-state index is 13.4. The molecule has 3 rings (SSSR count). The van der Waals surface area contributed by atoms with Crippen LogP contribution in [0.1, 0.15) is 32.0 Å². The van der Waals surface area contributed by atoms with E-state index in [1.165, 1.54) is 8.87 Å². The van der Waals surface area contributed by atoms with Gasteiger partial charge >= 0.3 is 6.18 Å². The van der Waals surface area contributed by atoms with Crippen LogP contribution in [0.5, 0.6) is 0 Å². The second-order valence-electron chi connectivity index (χ2n) is 6.69. The summed E-state index contributed by atoms with van der Waals surface area (Å²) in [5, 5.41) is 0. The number of aromatic nitrogens is 2. The van der Waals surface area contributed by atoms with Crippen molar-refractivity contribution in [1.82, 2.24) is 13.9 Å². The van der Waals surface area contributed by atoms with E-state index < -0.39 is 22.0 Å². The smallest absolute Gasteiger partial charge is 0.320 e. The number of imidazole rings is 1. The van der Waals surface area contributed by atoms with Crippen LogP contribution in [0, 0.1) is 5.92 Å². The normalized spacial score (nSPS) is 17.8. The predicted octanol–water partition coefficient (Wildman–Crippen LogP) is 3.51. The number of hydrogen-bond acceptors (Lipinski definition) is 3. The SMILES string of the molecule is CCCS(=O)(=O)N1CCC(Cn2c(C(F)(F)F)nc3ccccc32)CC1. The van der Waals surface area contributed by atoms with E-state index in [1.54, 1.807) is 24.3 Å². The van der Waals surface area contributed by atoms with Crippen LogP contribution >= 0.6 is 0 Å². The first kappa shape index (κ1) is 19.2. The summed E-state index contributed by atoms with van der Waals surface area (Å²) in [6.07, 6.45) is -2.87. The Balaban J connectivity index is 1.79. The fraction of sp³-hybridized carbons (Fsp3) is 0.588. The number of benzene rings is 1. The van der Waals surface area contributed by atoms with Gasteiger partial charge in [-0.15, -0.1) is 0 Å². The maximum Gasteiger partial charge on any atom is 0.449 e. The largest absolute Gasteiger partial charge is 0.449 e. The van der Waals surface area contributed by atoms with E-state index >= 15 is 0 Å². The Labute approximate surface area is 150 Å². The molecule has 0 saturated carbocycles. The second-order valence-corrected chi connectivity index (χ2v) is 8.78. The van der Waals surface area contributed by atoms with Crippen molar-refractivity contribution in [3.05, 3.63) is 30.1 Å². The van der Waals surface area contributed by atoms with E-state index in [-0.39, 0.29) is 18.2 Å². The zero-order valence-corrected chi connectivity index (χ0v) is 15.4. The highest BCUT2D eigenvalue weighted by molar-refractivity contribution is 7.89. The molecule has 1 aromatic carbocycles. The second kappa shape index (κ2) is 7.19. The Morgan fingerprint density at radius 3 is 2.46 bits per heavy atom. The number of hydrogen-bond donors (Lipinski definition) is 0. The number of rotatable bonds is 5. The molecule has 2 aromatic rings. The van der Waals surface area contributed by atoms with Crippen LogP contribution in [0.4, 0.5) is 13.2 Å². The first-order valence-electron chi connectivity index (χ1n) is 8.72. The molecule has 5 nitrogen and oxygen atoms in total. The first-order valence-corrected chi connectivity index (χ1v) is 10.3. The first-order chi connectivity index (χ1) is 12.2. The molecule has 1 saturated heterocycles. The van der Waals surface area contributed by atoms with Gasteiger partial charge in [0.05, 0.1) is 16.8 Å². The lowest BCUT2D eigenvalue weighted by molar-refractivity contribution is -0.147. The molecular formula is C17H22F3N3O2S. The Kier molecular flexibility index (Phi) is 5.30. The fourth-order valence-corrected chi connectivity index (χ4v) is 5.03. The van der Waals surface area contributed by atoms with Crippen LogP contribution in [0.2, 0.25) is 0 Å². The number of piperidine rings is 1. The Morgan fingerprint density at radius 1 is 1.19 bits per heavy atom. The molecule has 0 atom stereocenters. The Morgan fingerprint density at radius 2 is 1.85 bits per heavy atom. The van der Waals surface area contributed by atoms with Crippen molar-refractivity contribution in [3.63, 3.8) is 0 Å². The Hall–Kier alpha value is -1.61. The molecule has 1 aromatic heterocycles. The molecule has 1 aliphatic heterocycles. The van der Waals surface area contributed by atoms with E-state index in [9.17, 15) is 21.6 Å². The molecule has 0 aliphatic carbocycles. The summed E-state index contributed by atoms with van der Waals surface area (Å²) in [7, 11) is -3.25. The van der Waals surface area contributed by atoms with Gasteiger partial charge in [0.1, 0.15) is 0 Å². The third kappa shape index (κ3) is 3.88. The van der Waals surface area contributed by atoms with Crippen LogP contribution in [0.3, 0.4) is 0 Å². The Bertz CT molecular complexity index is 869. The van der Waals surface area contributed by atoms with E-state index in [2.05, 4.69) is 4.98 Å². The van der Waals surface area contributed by atoms with Crippen LogP contribution in [-0.4, -0.2) is 41.1 Å². The molecule has 0 unspecified atom stereocenters. The minimum Gasteiger partial charge on any atom is -0.320 e. The summed E-state index contributed by atoms with van der Waals surface area (Å²) >= 11 is 0. The molecule has 0 amide bonds. The number of sulfonamides is 1. The standard InChI is InChI=1S/C17H22F3N3O2S/c1-2-11-26(24,25)22-9-7-13(8-10-22)12-23-15-6-4-3-5-14(15)21-16(23)17(18,19)20/h3-6,13H,2,7-12H2,1H3. The van der Waals surface area contributed by atoms with E-state index in [0.717, 1.165) is 0 Å². The molecule has 144 valence electrons. The van der Waals surface area contributed by atoms with Gasteiger partial charge in [0.2, 0.25) is 15.8 Å². The summed E-state index contributed by atoms with van der Waals surface area (Å²) in [6.45, 7) is 2.73. The van der Waals surface area contributed by atoms with Gasteiger partial charge < -0.3 is 4.57 Å². The quantitative estimate of drug-likeness (QED) is 0.786. The molecule has 0 radical (unpaired) electrons. The third-order valence-corrected chi connectivity index (χ3v) is 6.85. The van der Waals surface area contributed by atoms with Gasteiger partial charge in [-0.2, -0.15) is 13.2 Å². The topological polar surface area (TPSA) is 55.2 Å². The molecule has 1 aliphatic rings. The van der Waals surface area contributed by atoms with Crippen molar-refractivity contribution >= 4 is 21.1 Å². The van der Waals surface area contributed by atoms with Crippen molar-refractivity contribution in [2.45, 2.75) is 38.9 Å². The summed E-state index contributed by atoms with van der Waals surface area (Å²) in [5.74, 6) is -0.788. The summed E-state index contributed by atoms with van der Waals surface area (Å²) in [4.78, 5) is 3.76. The molecule has 2 heterocycles. The van der Waals surface area contributed by atoms with Gasteiger partial charge in [-0.3, -0.25) is 0 Å². The molecule has 0 bridgehead atoms. The number of halogens is 3. The maximum atomic E-state index is 13.4. The van der Waals surface area contributed by atoms with Gasteiger partial charge in [0, 0.05) is 19.6 Å². The van der Waals surface area contributed by atoms with Crippen molar-refractivity contribution in [3.8, 4) is 0 Å². The number of nitrogens with zero attached hydrogens (tertiary/aromatic N) is 3. The molecular weight excluding hydrogens is 367 g/mol. The van der Waals surface area contributed by atoms with Crippen LogP contribution in [0.15, 0.2) is 24.3 Å². The highest BCUT2D eigenvalue weighted by atomic mass is 32.2. The number of para-hydroxylation sites is 2. The summed E-state index contributed by atoms with van der Waals surface area (Å²) < 4.78 is 67.1. The monoisotopic (exact) mass is 389 g/mol.